The lowest BCUT2D eigenvalue weighted by Gasteiger charge is -2.23. The third-order valence-electron chi connectivity index (χ3n) is 2.18. The highest BCUT2D eigenvalue weighted by atomic mass is 35.6. The van der Waals surface area contributed by atoms with Crippen molar-refractivity contribution in [3.05, 3.63) is 29.8 Å². The number of rotatable bonds is 4. The second-order valence-electron chi connectivity index (χ2n) is 3.56. The fraction of sp³-hybridized carbons (Fsp3) is 0.300. The van der Waals surface area contributed by atoms with Crippen LogP contribution in [-0.4, -0.2) is 24.0 Å². The first-order valence-electron chi connectivity index (χ1n) is 4.76. The Morgan fingerprint density at radius 1 is 1.22 bits per heavy atom. The Morgan fingerprint density at radius 3 is 2.11 bits per heavy atom. The summed E-state index contributed by atoms with van der Waals surface area (Å²) in [6.07, 6.45) is 0.179. The number of aryl methyl sites for hydroxylation is 1. The summed E-state index contributed by atoms with van der Waals surface area (Å²) in [7, 11) is -3.98. The molecule has 0 heterocycles. The summed E-state index contributed by atoms with van der Waals surface area (Å²) in [4.78, 5) is 10.4. The summed E-state index contributed by atoms with van der Waals surface area (Å²) in [5.74, 6) is 0. The molecule has 1 aromatic carbocycles. The lowest BCUT2D eigenvalue weighted by molar-refractivity contribution is -0.109. The topological polar surface area (TPSA) is 63.2 Å². The third-order valence-corrected chi connectivity index (χ3v) is 5.26. The predicted molar refractivity (Wildman–Crippen MR) is 71.6 cm³/mol. The molecule has 1 amide bonds. The van der Waals surface area contributed by atoms with E-state index in [2.05, 4.69) is 0 Å². The quantitative estimate of drug-likeness (QED) is 0.680. The maximum Gasteiger partial charge on any atom is 0.225 e. The van der Waals surface area contributed by atoms with Gasteiger partial charge in [-0.05, 0) is 19.1 Å². The highest BCUT2D eigenvalue weighted by Gasteiger charge is 2.43. The van der Waals surface area contributed by atoms with Crippen molar-refractivity contribution in [2.75, 3.05) is 0 Å². The van der Waals surface area contributed by atoms with Crippen molar-refractivity contribution >= 4 is 51.1 Å². The molecule has 4 nitrogen and oxygen atoms in total. The van der Waals surface area contributed by atoms with Crippen molar-refractivity contribution in [1.29, 1.82) is 0 Å². The molecule has 1 rings (SSSR count). The molecule has 1 N–H and O–H groups in total. The zero-order chi connectivity index (χ0) is 14.0. The van der Waals surface area contributed by atoms with Crippen LogP contribution < -0.4 is 5.32 Å². The molecule has 0 aliphatic rings. The molecule has 1 atom stereocenters. The minimum Gasteiger partial charge on any atom is -0.338 e. The van der Waals surface area contributed by atoms with E-state index in [1.807, 2.05) is 12.2 Å². The van der Waals surface area contributed by atoms with Gasteiger partial charge in [-0.25, -0.2) is 8.42 Å². The van der Waals surface area contributed by atoms with Crippen LogP contribution in [0.4, 0.5) is 0 Å². The number of alkyl halides is 3. The second kappa shape index (κ2) is 5.65. The summed E-state index contributed by atoms with van der Waals surface area (Å²) in [5.41, 5.74) is 0.891. The monoisotopic (exact) mass is 329 g/mol. The Balaban J connectivity index is 3.25. The predicted octanol–water partition coefficient (Wildman–Crippen LogP) is 2.21. The molecule has 0 spiro atoms. The Labute approximate surface area is 120 Å². The van der Waals surface area contributed by atoms with E-state index < -0.39 is 19.0 Å². The van der Waals surface area contributed by atoms with Gasteiger partial charge in [0.05, 0.1) is 4.90 Å². The van der Waals surface area contributed by atoms with Gasteiger partial charge in [-0.15, -0.1) is 0 Å². The molecule has 0 fully saturated rings. The van der Waals surface area contributed by atoms with Gasteiger partial charge in [-0.2, -0.15) is 0 Å². The summed E-state index contributed by atoms with van der Waals surface area (Å²) in [6, 6.07) is 6.01. The van der Waals surface area contributed by atoms with Crippen molar-refractivity contribution in [1.82, 2.24) is 5.32 Å². The third kappa shape index (κ3) is 3.51. The van der Waals surface area contributed by atoms with E-state index in [1.165, 1.54) is 12.1 Å². The van der Waals surface area contributed by atoms with Gasteiger partial charge >= 0.3 is 0 Å². The van der Waals surface area contributed by atoms with Crippen molar-refractivity contribution < 1.29 is 13.2 Å². The molecule has 18 heavy (non-hydrogen) atoms. The van der Waals surface area contributed by atoms with Gasteiger partial charge in [0.2, 0.25) is 20.0 Å². The van der Waals surface area contributed by atoms with E-state index in [0.29, 0.717) is 0 Å². The lowest BCUT2D eigenvalue weighted by atomic mass is 10.2. The molecular formula is C10H10Cl3NO3S. The SMILES string of the molecule is Cc1ccc(S(=O)(=O)C(NC=O)C(Cl)(Cl)Cl)cc1. The van der Waals surface area contributed by atoms with Crippen molar-refractivity contribution in [2.24, 2.45) is 0 Å². The molecule has 0 aliphatic carbocycles. The fourth-order valence-electron chi connectivity index (χ4n) is 1.29. The lowest BCUT2D eigenvalue weighted by Crippen LogP contribution is -2.45. The van der Waals surface area contributed by atoms with Crippen LogP contribution in [0.2, 0.25) is 0 Å². The van der Waals surface area contributed by atoms with Gasteiger partial charge in [0.1, 0.15) is 0 Å². The number of hydrogen-bond acceptors (Lipinski definition) is 3. The Bertz CT molecular complexity index is 522. The molecule has 1 aromatic rings. The highest BCUT2D eigenvalue weighted by Crippen LogP contribution is 2.35. The molecule has 0 bridgehead atoms. The van der Waals surface area contributed by atoms with Gasteiger partial charge in [-0.3, -0.25) is 4.79 Å². The van der Waals surface area contributed by atoms with Crippen LogP contribution >= 0.6 is 34.8 Å². The Kier molecular flexibility index (Phi) is 4.89. The molecule has 0 aromatic heterocycles. The second-order valence-corrected chi connectivity index (χ2v) is 7.97. The number of sulfone groups is 1. The largest absolute Gasteiger partial charge is 0.338 e. The number of benzene rings is 1. The maximum atomic E-state index is 12.2. The molecule has 0 aliphatic heterocycles. The maximum absolute atomic E-state index is 12.2. The summed E-state index contributed by atoms with van der Waals surface area (Å²) in [6.45, 7) is 1.81. The molecule has 8 heteroatoms. The van der Waals surface area contributed by atoms with Crippen LogP contribution in [0, 0.1) is 6.92 Å². The van der Waals surface area contributed by atoms with Crippen LogP contribution in [0.25, 0.3) is 0 Å². The van der Waals surface area contributed by atoms with Gasteiger partial charge in [-0.1, -0.05) is 52.5 Å². The summed E-state index contributed by atoms with van der Waals surface area (Å²) < 4.78 is 22.2. The normalized spacial score (nSPS) is 14.0. The first kappa shape index (κ1) is 15.6. The van der Waals surface area contributed by atoms with Crippen LogP contribution in [0.5, 0.6) is 0 Å². The first-order chi connectivity index (χ1) is 8.19. The van der Waals surface area contributed by atoms with E-state index in [9.17, 15) is 13.2 Å². The fourth-order valence-corrected chi connectivity index (χ4v) is 3.90. The number of halogens is 3. The van der Waals surface area contributed by atoms with Gasteiger partial charge in [0.25, 0.3) is 0 Å². The zero-order valence-electron chi connectivity index (χ0n) is 9.23. The highest BCUT2D eigenvalue weighted by molar-refractivity contribution is 7.92. The van der Waals surface area contributed by atoms with E-state index in [1.54, 1.807) is 12.1 Å². The molecule has 100 valence electrons. The number of hydrogen-bond donors (Lipinski definition) is 1. The number of amides is 1. The Morgan fingerprint density at radius 2 is 1.72 bits per heavy atom. The summed E-state index contributed by atoms with van der Waals surface area (Å²) in [5, 5.41) is 0.368. The van der Waals surface area contributed by atoms with Gasteiger partial charge in [0, 0.05) is 0 Å². The standard InChI is InChI=1S/C10H10Cl3NO3S/c1-7-2-4-8(5-3-7)18(16,17)9(14-6-15)10(11,12)13/h2-6,9H,1H3,(H,14,15). The smallest absolute Gasteiger partial charge is 0.225 e. The van der Waals surface area contributed by atoms with Crippen LogP contribution in [0.3, 0.4) is 0 Å². The number of carbonyl (C=O) groups is 1. The first-order valence-corrected chi connectivity index (χ1v) is 7.44. The van der Waals surface area contributed by atoms with Gasteiger partial charge < -0.3 is 5.32 Å². The molecular weight excluding hydrogens is 321 g/mol. The minimum atomic E-state index is -3.98. The van der Waals surface area contributed by atoms with Crippen molar-refractivity contribution in [3.8, 4) is 0 Å². The van der Waals surface area contributed by atoms with Gasteiger partial charge in [0.15, 0.2) is 5.37 Å². The average Bonchev–Trinajstić information content (AvgIpc) is 2.24. The van der Waals surface area contributed by atoms with Crippen LogP contribution in [0.1, 0.15) is 5.56 Å². The van der Waals surface area contributed by atoms with Crippen LogP contribution in [0.15, 0.2) is 29.2 Å². The molecule has 0 saturated carbocycles. The zero-order valence-corrected chi connectivity index (χ0v) is 12.3. The molecule has 0 radical (unpaired) electrons. The van der Waals surface area contributed by atoms with Crippen LogP contribution in [-0.2, 0) is 14.6 Å². The number of nitrogens with one attached hydrogen (secondary N) is 1. The van der Waals surface area contributed by atoms with E-state index >= 15 is 0 Å². The minimum absolute atomic E-state index is 0.0289. The van der Waals surface area contributed by atoms with E-state index in [0.717, 1.165) is 5.56 Å². The van der Waals surface area contributed by atoms with Crippen molar-refractivity contribution in [2.45, 2.75) is 21.0 Å². The molecule has 1 unspecified atom stereocenters. The number of carbonyl (C=O) groups excluding carboxylic acids is 1. The molecule has 0 saturated heterocycles. The van der Waals surface area contributed by atoms with E-state index in [-0.39, 0.29) is 11.3 Å². The average molecular weight is 331 g/mol. The summed E-state index contributed by atoms with van der Waals surface area (Å²) >= 11 is 16.7. The van der Waals surface area contributed by atoms with Crippen molar-refractivity contribution in [3.63, 3.8) is 0 Å². The van der Waals surface area contributed by atoms with E-state index in [4.69, 9.17) is 34.8 Å². The Hall–Kier alpha value is -0.490.